The Kier molecular flexibility index (Phi) is 4.36. The number of benzene rings is 2. The first-order valence-electron chi connectivity index (χ1n) is 8.22. The third-order valence-electron chi connectivity index (χ3n) is 3.86. The van der Waals surface area contributed by atoms with Gasteiger partial charge >= 0.3 is 0 Å². The Hall–Kier alpha value is -3.20. The van der Waals surface area contributed by atoms with Crippen LogP contribution in [0.25, 0.3) is 0 Å². The van der Waals surface area contributed by atoms with E-state index in [1.54, 1.807) is 43.3 Å². The van der Waals surface area contributed by atoms with Crippen LogP contribution in [0.15, 0.2) is 57.9 Å². The zero-order valence-electron chi connectivity index (χ0n) is 14.4. The number of sulfonamides is 1. The second kappa shape index (κ2) is 6.84. The first-order valence-corrected chi connectivity index (χ1v) is 9.71. The second-order valence-electron chi connectivity index (χ2n) is 5.94. The summed E-state index contributed by atoms with van der Waals surface area (Å²) >= 11 is 0. The molecule has 27 heavy (non-hydrogen) atoms. The molecule has 2 aromatic carbocycles. The number of hydrogen-bond donors (Lipinski definition) is 2. The molecule has 0 unspecified atom stereocenters. The number of fused-ring (bicyclic) bond motifs is 1. The summed E-state index contributed by atoms with van der Waals surface area (Å²) in [6.45, 7) is 2.64. The molecule has 0 radical (unpaired) electrons. The van der Waals surface area contributed by atoms with Crippen molar-refractivity contribution >= 4 is 27.2 Å². The van der Waals surface area contributed by atoms with Crippen molar-refractivity contribution < 1.29 is 22.4 Å². The quantitative estimate of drug-likeness (QED) is 0.692. The highest BCUT2D eigenvalue weighted by Crippen LogP contribution is 2.32. The van der Waals surface area contributed by atoms with Crippen LogP contribution in [-0.4, -0.2) is 26.8 Å². The molecule has 0 saturated heterocycles. The van der Waals surface area contributed by atoms with Crippen LogP contribution < -0.4 is 19.5 Å². The lowest BCUT2D eigenvalue weighted by molar-refractivity contribution is 0.171. The predicted octanol–water partition coefficient (Wildman–Crippen LogP) is 3.30. The molecule has 0 bridgehead atoms. The van der Waals surface area contributed by atoms with Crippen molar-refractivity contribution in [2.24, 2.45) is 0 Å². The molecule has 0 amide bonds. The molecule has 0 spiro atoms. The molecule has 8 nitrogen and oxygen atoms in total. The fourth-order valence-electron chi connectivity index (χ4n) is 2.60. The first-order chi connectivity index (χ1) is 13.0. The van der Waals surface area contributed by atoms with E-state index in [1.807, 2.05) is 0 Å². The average Bonchev–Trinajstić information content (AvgIpc) is 3.07. The molecule has 1 aliphatic rings. The summed E-state index contributed by atoms with van der Waals surface area (Å²) in [4.78, 5) is 0.104. The Balaban J connectivity index is 1.49. The highest BCUT2D eigenvalue weighted by Gasteiger charge is 2.19. The van der Waals surface area contributed by atoms with Gasteiger partial charge in [-0.3, -0.25) is 4.72 Å². The highest BCUT2D eigenvalue weighted by atomic mass is 32.2. The molecule has 9 heteroatoms. The Morgan fingerprint density at radius 1 is 0.926 bits per heavy atom. The molecule has 0 fully saturated rings. The van der Waals surface area contributed by atoms with Gasteiger partial charge in [0.05, 0.1) is 4.90 Å². The van der Waals surface area contributed by atoms with E-state index in [9.17, 15) is 8.42 Å². The van der Waals surface area contributed by atoms with E-state index in [2.05, 4.69) is 15.2 Å². The number of anilines is 3. The molecule has 2 N–H and O–H groups in total. The smallest absolute Gasteiger partial charge is 0.262 e. The lowest BCUT2D eigenvalue weighted by Crippen LogP contribution is -2.17. The number of rotatable bonds is 5. The average molecular weight is 387 g/mol. The molecule has 1 aliphatic heterocycles. The topological polar surface area (TPSA) is 103 Å². The van der Waals surface area contributed by atoms with Crippen molar-refractivity contribution in [2.75, 3.05) is 23.3 Å². The molecule has 2 heterocycles. The number of aryl methyl sites for hydroxylation is 1. The van der Waals surface area contributed by atoms with Crippen LogP contribution >= 0.6 is 0 Å². The van der Waals surface area contributed by atoms with Crippen LogP contribution in [-0.2, 0) is 10.0 Å². The van der Waals surface area contributed by atoms with Crippen LogP contribution in [0.1, 0.15) is 5.76 Å². The Morgan fingerprint density at radius 2 is 1.63 bits per heavy atom. The standard InChI is InChI=1S/C18H17N3O5S/c1-12-10-18(20-26-12)19-13-2-4-14(5-3-13)21-27(22,23)15-6-7-16-17(11-15)25-9-8-24-16/h2-7,10-11,21H,8-9H2,1H3,(H,19,20). The van der Waals surface area contributed by atoms with Crippen molar-refractivity contribution in [1.82, 2.24) is 5.16 Å². The maximum atomic E-state index is 12.6. The maximum Gasteiger partial charge on any atom is 0.262 e. The fraction of sp³-hybridized carbons (Fsp3) is 0.167. The van der Waals surface area contributed by atoms with Crippen molar-refractivity contribution in [3.63, 3.8) is 0 Å². The lowest BCUT2D eigenvalue weighted by Gasteiger charge is -2.19. The van der Waals surface area contributed by atoms with Crippen LogP contribution in [0.4, 0.5) is 17.2 Å². The third-order valence-corrected chi connectivity index (χ3v) is 5.24. The Bertz CT molecular complexity index is 1060. The van der Waals surface area contributed by atoms with Crippen LogP contribution in [0.2, 0.25) is 0 Å². The number of aromatic nitrogens is 1. The summed E-state index contributed by atoms with van der Waals surface area (Å²) < 4.78 is 43.6. The van der Waals surface area contributed by atoms with E-state index in [1.165, 1.54) is 12.1 Å². The molecule has 0 saturated carbocycles. The van der Waals surface area contributed by atoms with Gasteiger partial charge in [-0.25, -0.2) is 8.42 Å². The van der Waals surface area contributed by atoms with Gasteiger partial charge in [0.25, 0.3) is 10.0 Å². The van der Waals surface area contributed by atoms with E-state index < -0.39 is 10.0 Å². The van der Waals surface area contributed by atoms with E-state index in [0.29, 0.717) is 42.0 Å². The number of hydrogen-bond acceptors (Lipinski definition) is 7. The minimum Gasteiger partial charge on any atom is -0.486 e. The SMILES string of the molecule is Cc1cc(Nc2ccc(NS(=O)(=O)c3ccc4c(c3)OCCO4)cc2)no1. The second-order valence-corrected chi connectivity index (χ2v) is 7.62. The van der Waals surface area contributed by atoms with Gasteiger partial charge in [-0.2, -0.15) is 0 Å². The van der Waals surface area contributed by atoms with Gasteiger partial charge in [-0.15, -0.1) is 0 Å². The van der Waals surface area contributed by atoms with Gasteiger partial charge in [0, 0.05) is 23.5 Å². The molecule has 0 atom stereocenters. The first kappa shape index (κ1) is 17.2. The summed E-state index contributed by atoms with van der Waals surface area (Å²) in [6, 6.07) is 13.1. The maximum absolute atomic E-state index is 12.6. The van der Waals surface area contributed by atoms with Gasteiger partial charge < -0.3 is 19.3 Å². The highest BCUT2D eigenvalue weighted by molar-refractivity contribution is 7.92. The zero-order valence-corrected chi connectivity index (χ0v) is 15.2. The van der Waals surface area contributed by atoms with Crippen molar-refractivity contribution in [2.45, 2.75) is 11.8 Å². The van der Waals surface area contributed by atoms with Crippen molar-refractivity contribution in [3.05, 3.63) is 54.3 Å². The zero-order chi connectivity index (χ0) is 18.9. The normalized spacial score (nSPS) is 13.2. The molecular weight excluding hydrogens is 370 g/mol. The summed E-state index contributed by atoms with van der Waals surface area (Å²) in [6.07, 6.45) is 0. The van der Waals surface area contributed by atoms with Gasteiger partial charge in [0.1, 0.15) is 19.0 Å². The van der Waals surface area contributed by atoms with Gasteiger partial charge in [-0.05, 0) is 43.3 Å². The summed E-state index contributed by atoms with van der Waals surface area (Å²) in [5.74, 6) is 2.24. The molecule has 4 rings (SSSR count). The molecule has 140 valence electrons. The number of ether oxygens (including phenoxy) is 2. The van der Waals surface area contributed by atoms with Crippen LogP contribution in [0.5, 0.6) is 11.5 Å². The molecule has 0 aliphatic carbocycles. The molecule has 1 aromatic heterocycles. The minimum atomic E-state index is -3.75. The van der Waals surface area contributed by atoms with E-state index in [-0.39, 0.29) is 4.90 Å². The number of nitrogens with one attached hydrogen (secondary N) is 2. The predicted molar refractivity (Wildman–Crippen MR) is 99.2 cm³/mol. The third kappa shape index (κ3) is 3.82. The van der Waals surface area contributed by atoms with E-state index in [0.717, 1.165) is 5.69 Å². The van der Waals surface area contributed by atoms with Gasteiger partial charge in [0.2, 0.25) is 0 Å². The Labute approximate surface area is 156 Å². The van der Waals surface area contributed by atoms with Crippen molar-refractivity contribution in [3.8, 4) is 11.5 Å². The number of nitrogens with zero attached hydrogens (tertiary/aromatic N) is 1. The van der Waals surface area contributed by atoms with Crippen LogP contribution in [0, 0.1) is 6.92 Å². The van der Waals surface area contributed by atoms with Crippen molar-refractivity contribution in [1.29, 1.82) is 0 Å². The minimum absolute atomic E-state index is 0.104. The van der Waals surface area contributed by atoms with Gasteiger partial charge in [0.15, 0.2) is 17.3 Å². The molecule has 3 aromatic rings. The van der Waals surface area contributed by atoms with E-state index >= 15 is 0 Å². The Morgan fingerprint density at radius 3 is 2.33 bits per heavy atom. The summed E-state index contributed by atoms with van der Waals surface area (Å²) in [5.41, 5.74) is 1.19. The molecular formula is C18H17N3O5S. The summed E-state index contributed by atoms with van der Waals surface area (Å²) in [5, 5.41) is 6.92. The fourth-order valence-corrected chi connectivity index (χ4v) is 3.67. The lowest BCUT2D eigenvalue weighted by atomic mass is 10.3. The largest absolute Gasteiger partial charge is 0.486 e. The monoisotopic (exact) mass is 387 g/mol. The summed E-state index contributed by atoms with van der Waals surface area (Å²) in [7, 11) is -3.75. The van der Waals surface area contributed by atoms with Gasteiger partial charge in [-0.1, -0.05) is 5.16 Å². The van der Waals surface area contributed by atoms with Crippen LogP contribution in [0.3, 0.4) is 0 Å². The van der Waals surface area contributed by atoms with E-state index in [4.69, 9.17) is 14.0 Å².